The maximum absolute atomic E-state index is 13.5. The van der Waals surface area contributed by atoms with E-state index in [1.54, 1.807) is 12.0 Å². The molecule has 2 heterocycles. The molecule has 1 saturated heterocycles. The number of carbonyl (C=O) groups excluding carboxylic acids is 2. The van der Waals surface area contributed by atoms with Gasteiger partial charge in [0.05, 0.1) is 12.7 Å². The largest absolute Gasteiger partial charge is 0.497 e. The molecule has 0 bridgehead atoms. The Morgan fingerprint density at radius 3 is 2.19 bits per heavy atom. The summed E-state index contributed by atoms with van der Waals surface area (Å²) in [6.45, 7) is 10.4. The van der Waals surface area contributed by atoms with Crippen LogP contribution in [0.15, 0.2) is 42.5 Å². The molecule has 0 unspecified atom stereocenters. The SMILES string of the molecule is CC.CC.COc1ccc(N2CCN(C(=O)c3[nH]c4ccc(F)cc4c3C=O)CC2)cc1. The number of amides is 1. The highest BCUT2D eigenvalue weighted by Crippen LogP contribution is 2.25. The normalized spacial score (nSPS) is 12.9. The van der Waals surface area contributed by atoms with Crippen molar-refractivity contribution in [2.24, 2.45) is 0 Å². The number of rotatable bonds is 4. The van der Waals surface area contributed by atoms with Gasteiger partial charge in [-0.25, -0.2) is 4.39 Å². The maximum Gasteiger partial charge on any atom is 0.271 e. The number of anilines is 1. The molecule has 2 aromatic carbocycles. The van der Waals surface area contributed by atoms with Gasteiger partial charge in [0.1, 0.15) is 17.3 Å². The molecule has 1 fully saturated rings. The van der Waals surface area contributed by atoms with Gasteiger partial charge in [-0.3, -0.25) is 9.59 Å². The smallest absolute Gasteiger partial charge is 0.271 e. The van der Waals surface area contributed by atoms with Gasteiger partial charge in [-0.1, -0.05) is 27.7 Å². The molecular weight excluding hydrogens is 409 g/mol. The van der Waals surface area contributed by atoms with E-state index in [1.165, 1.54) is 18.2 Å². The summed E-state index contributed by atoms with van der Waals surface area (Å²) in [4.78, 5) is 31.4. The molecule has 3 aromatic rings. The second-order valence-electron chi connectivity index (χ2n) is 6.70. The molecular formula is C25H32FN3O3. The van der Waals surface area contributed by atoms with Crippen LogP contribution in [0.25, 0.3) is 10.9 Å². The van der Waals surface area contributed by atoms with Gasteiger partial charge >= 0.3 is 0 Å². The van der Waals surface area contributed by atoms with E-state index in [9.17, 15) is 14.0 Å². The van der Waals surface area contributed by atoms with Crippen LogP contribution < -0.4 is 9.64 Å². The topological polar surface area (TPSA) is 65.6 Å². The van der Waals surface area contributed by atoms with Crippen LogP contribution in [0.1, 0.15) is 48.5 Å². The summed E-state index contributed by atoms with van der Waals surface area (Å²) in [6.07, 6.45) is 0.610. The van der Waals surface area contributed by atoms with Crippen LogP contribution in [0.4, 0.5) is 10.1 Å². The van der Waals surface area contributed by atoms with E-state index in [0.717, 1.165) is 11.4 Å². The molecule has 6 nitrogen and oxygen atoms in total. The van der Waals surface area contributed by atoms with Crippen LogP contribution in [0, 0.1) is 5.82 Å². The fourth-order valence-corrected chi connectivity index (χ4v) is 3.59. The van der Waals surface area contributed by atoms with Crippen molar-refractivity contribution in [2.45, 2.75) is 27.7 Å². The Labute approximate surface area is 189 Å². The lowest BCUT2D eigenvalue weighted by molar-refractivity contribution is 0.0739. The number of nitrogens with zero attached hydrogens (tertiary/aromatic N) is 2. The van der Waals surface area contributed by atoms with E-state index in [4.69, 9.17) is 4.74 Å². The Morgan fingerprint density at radius 1 is 1.00 bits per heavy atom. The second kappa shape index (κ2) is 11.9. The van der Waals surface area contributed by atoms with Crippen molar-refractivity contribution in [1.29, 1.82) is 0 Å². The number of halogens is 1. The summed E-state index contributed by atoms with van der Waals surface area (Å²) in [5.74, 6) is 0.115. The number of aromatic amines is 1. The number of carbonyl (C=O) groups is 2. The van der Waals surface area contributed by atoms with Crippen LogP contribution in [0.3, 0.4) is 0 Å². The fourth-order valence-electron chi connectivity index (χ4n) is 3.59. The zero-order valence-corrected chi connectivity index (χ0v) is 19.4. The maximum atomic E-state index is 13.5. The molecule has 1 aromatic heterocycles. The minimum atomic E-state index is -0.443. The van der Waals surface area contributed by atoms with Crippen molar-refractivity contribution in [2.75, 3.05) is 38.2 Å². The number of nitrogens with one attached hydrogen (secondary N) is 1. The Balaban J connectivity index is 0.000000860. The van der Waals surface area contributed by atoms with Gasteiger partial charge in [-0.2, -0.15) is 0 Å². The number of H-pyrrole nitrogens is 1. The molecule has 0 atom stereocenters. The van der Waals surface area contributed by atoms with Crippen molar-refractivity contribution in [3.8, 4) is 5.75 Å². The molecule has 1 aliphatic rings. The van der Waals surface area contributed by atoms with E-state index >= 15 is 0 Å². The molecule has 7 heteroatoms. The van der Waals surface area contributed by atoms with Crippen LogP contribution in [0.5, 0.6) is 5.75 Å². The Bertz CT molecular complexity index is 1020. The van der Waals surface area contributed by atoms with Crippen molar-refractivity contribution in [3.05, 3.63) is 59.5 Å². The van der Waals surface area contributed by atoms with Crippen LogP contribution >= 0.6 is 0 Å². The molecule has 1 aliphatic heterocycles. The highest BCUT2D eigenvalue weighted by atomic mass is 19.1. The zero-order chi connectivity index (χ0) is 23.7. The van der Waals surface area contributed by atoms with Crippen molar-refractivity contribution >= 4 is 28.8 Å². The third kappa shape index (κ3) is 5.28. The first-order valence-electron chi connectivity index (χ1n) is 11.1. The van der Waals surface area contributed by atoms with E-state index < -0.39 is 5.82 Å². The minimum Gasteiger partial charge on any atom is -0.497 e. The number of aldehydes is 1. The molecule has 4 rings (SSSR count). The molecule has 0 spiro atoms. The minimum absolute atomic E-state index is 0.206. The van der Waals surface area contributed by atoms with E-state index in [0.29, 0.717) is 43.4 Å². The van der Waals surface area contributed by atoms with Crippen molar-refractivity contribution in [3.63, 3.8) is 0 Å². The third-order valence-electron chi connectivity index (χ3n) is 5.14. The van der Waals surface area contributed by atoms with Crippen LogP contribution in [-0.2, 0) is 0 Å². The fraction of sp³-hybridized carbons (Fsp3) is 0.360. The van der Waals surface area contributed by atoms with Gasteiger partial charge < -0.3 is 19.5 Å². The molecule has 0 aliphatic carbocycles. The molecule has 0 saturated carbocycles. The first-order chi connectivity index (χ1) is 15.6. The van der Waals surface area contributed by atoms with Gasteiger partial charge in [-0.15, -0.1) is 0 Å². The van der Waals surface area contributed by atoms with Crippen LogP contribution in [0.2, 0.25) is 0 Å². The van der Waals surface area contributed by atoms with Gasteiger partial charge in [0, 0.05) is 42.8 Å². The lowest BCUT2D eigenvalue weighted by atomic mass is 10.1. The predicted octanol–water partition coefficient (Wildman–Crippen LogP) is 5.14. The number of methoxy groups -OCH3 is 1. The number of ether oxygens (including phenoxy) is 1. The quantitative estimate of drug-likeness (QED) is 0.569. The van der Waals surface area contributed by atoms with Gasteiger partial charge in [-0.05, 0) is 42.5 Å². The first kappa shape index (κ1) is 24.9. The lowest BCUT2D eigenvalue weighted by Gasteiger charge is -2.36. The summed E-state index contributed by atoms with van der Waals surface area (Å²) in [5, 5.41) is 0.426. The summed E-state index contributed by atoms with van der Waals surface area (Å²) in [7, 11) is 1.63. The highest BCUT2D eigenvalue weighted by molar-refractivity contribution is 6.09. The molecule has 0 radical (unpaired) electrons. The number of hydrogen-bond donors (Lipinski definition) is 1. The molecule has 1 amide bonds. The number of hydrogen-bond acceptors (Lipinski definition) is 4. The predicted molar refractivity (Wildman–Crippen MR) is 127 cm³/mol. The molecule has 172 valence electrons. The summed E-state index contributed by atoms with van der Waals surface area (Å²) in [6, 6.07) is 11.9. The molecule has 32 heavy (non-hydrogen) atoms. The van der Waals surface area contributed by atoms with E-state index in [2.05, 4.69) is 9.88 Å². The summed E-state index contributed by atoms with van der Waals surface area (Å²) in [5.41, 5.74) is 2.07. The monoisotopic (exact) mass is 441 g/mol. The van der Waals surface area contributed by atoms with E-state index in [1.807, 2.05) is 52.0 Å². The van der Waals surface area contributed by atoms with E-state index in [-0.39, 0.29) is 17.2 Å². The highest BCUT2D eigenvalue weighted by Gasteiger charge is 2.26. The average Bonchev–Trinajstić information content (AvgIpc) is 3.24. The number of fused-ring (bicyclic) bond motifs is 1. The Morgan fingerprint density at radius 2 is 1.62 bits per heavy atom. The van der Waals surface area contributed by atoms with Crippen molar-refractivity contribution < 1.29 is 18.7 Å². The van der Waals surface area contributed by atoms with Gasteiger partial charge in [0.25, 0.3) is 5.91 Å². The lowest BCUT2D eigenvalue weighted by Crippen LogP contribution is -2.49. The van der Waals surface area contributed by atoms with Gasteiger partial charge in [0.15, 0.2) is 6.29 Å². The standard InChI is InChI=1S/C21H20FN3O3.2C2H6/c1-28-16-5-3-15(4-6-16)24-8-10-25(11-9-24)21(27)20-18(13-26)17-12-14(22)2-7-19(17)23-20;2*1-2/h2-7,12-13,23H,8-11H2,1H3;2*1-2H3. The average molecular weight is 442 g/mol. The first-order valence-corrected chi connectivity index (χ1v) is 11.1. The Hall–Kier alpha value is -3.35. The zero-order valence-electron chi connectivity index (χ0n) is 19.4. The third-order valence-corrected chi connectivity index (χ3v) is 5.14. The number of benzene rings is 2. The number of aromatic nitrogens is 1. The summed E-state index contributed by atoms with van der Waals surface area (Å²) < 4.78 is 18.7. The summed E-state index contributed by atoms with van der Waals surface area (Å²) >= 11 is 0. The van der Waals surface area contributed by atoms with Crippen LogP contribution in [-0.4, -0.2) is 55.4 Å². The second-order valence-corrected chi connectivity index (χ2v) is 6.70. The van der Waals surface area contributed by atoms with Gasteiger partial charge in [0.2, 0.25) is 0 Å². The number of piperazine rings is 1. The molecule has 1 N–H and O–H groups in total. The Kier molecular flexibility index (Phi) is 9.25. The van der Waals surface area contributed by atoms with Crippen molar-refractivity contribution in [1.82, 2.24) is 9.88 Å².